The molecule has 2 rings (SSSR count). The Labute approximate surface area is 129 Å². The van der Waals surface area contributed by atoms with Gasteiger partial charge >= 0.3 is 0 Å². The van der Waals surface area contributed by atoms with Crippen molar-refractivity contribution < 1.29 is 0 Å². The summed E-state index contributed by atoms with van der Waals surface area (Å²) in [6.45, 7) is 4.87. The lowest BCUT2D eigenvalue weighted by Gasteiger charge is -2.07. The van der Waals surface area contributed by atoms with Gasteiger partial charge in [-0.1, -0.05) is 25.5 Å². The highest BCUT2D eigenvalue weighted by Crippen LogP contribution is 2.08. The van der Waals surface area contributed by atoms with Crippen molar-refractivity contribution in [2.75, 3.05) is 6.54 Å². The van der Waals surface area contributed by atoms with Crippen LogP contribution in [0.5, 0.6) is 0 Å². The fraction of sp³-hybridized carbons (Fsp3) is 0.333. The highest BCUT2D eigenvalue weighted by molar-refractivity contribution is 7.80. The minimum absolute atomic E-state index is 0.525. The number of aromatic nitrogens is 2. The fourth-order valence-electron chi connectivity index (χ4n) is 1.74. The summed E-state index contributed by atoms with van der Waals surface area (Å²) in [5.41, 5.74) is 6.03. The summed E-state index contributed by atoms with van der Waals surface area (Å²) in [5.74, 6) is 0. The molecule has 0 radical (unpaired) electrons. The number of hydrogen-bond acceptors (Lipinski definition) is 4. The number of rotatable bonds is 5. The summed E-state index contributed by atoms with van der Waals surface area (Å²) in [7, 11) is 0. The number of para-hydroxylation sites is 2. The van der Waals surface area contributed by atoms with Gasteiger partial charge in [0.15, 0.2) is 5.11 Å². The van der Waals surface area contributed by atoms with E-state index >= 15 is 0 Å². The normalized spacial score (nSPS) is 11.4. The van der Waals surface area contributed by atoms with Crippen LogP contribution in [0.3, 0.4) is 0 Å². The van der Waals surface area contributed by atoms with E-state index in [0.717, 1.165) is 41.8 Å². The van der Waals surface area contributed by atoms with Gasteiger partial charge in [-0.2, -0.15) is 5.10 Å². The van der Waals surface area contributed by atoms with Crippen LogP contribution in [-0.4, -0.2) is 27.3 Å². The van der Waals surface area contributed by atoms with Gasteiger partial charge in [0.25, 0.3) is 0 Å². The standard InChI is InChI=1S/C15H19N5S/c1-3-4-9-16-15(21)20-19-11(2)14-10-17-12-7-5-6-8-13(12)18-14/h5-8,10H,3-4,9H2,1-2H3,(H2,16,20,21)/b19-11-. The second-order valence-corrected chi connectivity index (χ2v) is 5.07. The second-order valence-electron chi connectivity index (χ2n) is 4.66. The van der Waals surface area contributed by atoms with Crippen LogP contribution in [0.4, 0.5) is 0 Å². The lowest BCUT2D eigenvalue weighted by molar-refractivity contribution is 0.744. The lowest BCUT2D eigenvalue weighted by Crippen LogP contribution is -2.33. The Morgan fingerprint density at radius 1 is 1.29 bits per heavy atom. The van der Waals surface area contributed by atoms with Gasteiger partial charge in [-0.15, -0.1) is 0 Å². The van der Waals surface area contributed by atoms with Gasteiger partial charge in [-0.25, -0.2) is 4.98 Å². The molecule has 1 aromatic heterocycles. The van der Waals surface area contributed by atoms with Crippen LogP contribution in [0.2, 0.25) is 0 Å². The lowest BCUT2D eigenvalue weighted by atomic mass is 10.2. The second kappa shape index (κ2) is 7.64. The van der Waals surface area contributed by atoms with E-state index in [2.05, 4.69) is 32.7 Å². The number of benzene rings is 1. The molecule has 0 spiro atoms. The third-order valence-electron chi connectivity index (χ3n) is 2.96. The van der Waals surface area contributed by atoms with E-state index in [4.69, 9.17) is 12.2 Å². The first-order valence-electron chi connectivity index (χ1n) is 7.01. The molecule has 6 heteroatoms. The van der Waals surface area contributed by atoms with Crippen LogP contribution < -0.4 is 10.7 Å². The summed E-state index contributed by atoms with van der Waals surface area (Å²) in [6, 6.07) is 7.75. The van der Waals surface area contributed by atoms with Gasteiger partial charge in [0.2, 0.25) is 0 Å². The van der Waals surface area contributed by atoms with E-state index in [1.165, 1.54) is 0 Å². The smallest absolute Gasteiger partial charge is 0.186 e. The van der Waals surface area contributed by atoms with Crippen molar-refractivity contribution in [3.05, 3.63) is 36.2 Å². The predicted octanol–water partition coefficient (Wildman–Crippen LogP) is 2.62. The zero-order valence-corrected chi connectivity index (χ0v) is 13.1. The Kier molecular flexibility index (Phi) is 5.57. The zero-order valence-electron chi connectivity index (χ0n) is 12.3. The summed E-state index contributed by atoms with van der Waals surface area (Å²) in [6.07, 6.45) is 3.93. The molecule has 2 aromatic rings. The molecule has 1 aromatic carbocycles. The van der Waals surface area contributed by atoms with Crippen LogP contribution in [0.25, 0.3) is 11.0 Å². The maximum absolute atomic E-state index is 5.15. The highest BCUT2D eigenvalue weighted by atomic mass is 32.1. The van der Waals surface area contributed by atoms with E-state index in [0.29, 0.717) is 5.11 Å². The van der Waals surface area contributed by atoms with Gasteiger partial charge in [0.1, 0.15) is 5.69 Å². The Bertz CT molecular complexity index is 653. The number of nitrogens with one attached hydrogen (secondary N) is 2. The molecular weight excluding hydrogens is 282 g/mol. The van der Waals surface area contributed by atoms with Crippen molar-refractivity contribution >= 4 is 34.1 Å². The maximum atomic E-state index is 5.15. The average Bonchev–Trinajstić information content (AvgIpc) is 2.52. The SMILES string of the molecule is CCCCNC(=S)N/N=C(/C)c1cnc2ccccc2n1. The zero-order chi connectivity index (χ0) is 15.1. The van der Waals surface area contributed by atoms with Crippen molar-refractivity contribution in [2.45, 2.75) is 26.7 Å². The molecule has 0 aliphatic heterocycles. The molecule has 0 aliphatic carbocycles. The number of hydrogen-bond donors (Lipinski definition) is 2. The van der Waals surface area contributed by atoms with Crippen LogP contribution in [0.15, 0.2) is 35.6 Å². The molecule has 0 atom stereocenters. The summed E-state index contributed by atoms with van der Waals surface area (Å²) in [5, 5.41) is 7.86. The number of unbranched alkanes of at least 4 members (excludes halogenated alkanes) is 1. The fourth-order valence-corrected chi connectivity index (χ4v) is 1.89. The highest BCUT2D eigenvalue weighted by Gasteiger charge is 2.03. The molecule has 0 bridgehead atoms. The Morgan fingerprint density at radius 2 is 2.05 bits per heavy atom. The molecule has 0 saturated heterocycles. The Balaban J connectivity index is 2.01. The van der Waals surface area contributed by atoms with Crippen LogP contribution in [0, 0.1) is 0 Å². The number of thiocarbonyl (C=S) groups is 1. The van der Waals surface area contributed by atoms with E-state index in [1.54, 1.807) is 6.20 Å². The molecule has 0 fully saturated rings. The first-order valence-corrected chi connectivity index (χ1v) is 7.42. The molecular formula is C15H19N5S. The number of fused-ring (bicyclic) bond motifs is 1. The Hall–Kier alpha value is -2.08. The largest absolute Gasteiger partial charge is 0.361 e. The summed E-state index contributed by atoms with van der Waals surface area (Å²) < 4.78 is 0. The topological polar surface area (TPSA) is 62.2 Å². The first-order chi connectivity index (χ1) is 10.2. The van der Waals surface area contributed by atoms with Crippen molar-refractivity contribution in [1.29, 1.82) is 0 Å². The van der Waals surface area contributed by atoms with E-state index < -0.39 is 0 Å². The van der Waals surface area contributed by atoms with Gasteiger partial charge in [-0.3, -0.25) is 10.4 Å². The third kappa shape index (κ3) is 4.46. The predicted molar refractivity (Wildman–Crippen MR) is 90.4 cm³/mol. The number of hydrazone groups is 1. The van der Waals surface area contributed by atoms with Crippen LogP contribution in [0.1, 0.15) is 32.4 Å². The van der Waals surface area contributed by atoms with Crippen molar-refractivity contribution in [2.24, 2.45) is 5.10 Å². The van der Waals surface area contributed by atoms with Gasteiger partial charge in [-0.05, 0) is 37.7 Å². The summed E-state index contributed by atoms with van der Waals surface area (Å²) >= 11 is 5.15. The molecule has 110 valence electrons. The monoisotopic (exact) mass is 301 g/mol. The van der Waals surface area contributed by atoms with Crippen molar-refractivity contribution in [3.8, 4) is 0 Å². The summed E-state index contributed by atoms with van der Waals surface area (Å²) in [4.78, 5) is 8.90. The molecule has 2 N–H and O–H groups in total. The van der Waals surface area contributed by atoms with Gasteiger partial charge < -0.3 is 5.32 Å². The van der Waals surface area contributed by atoms with Crippen LogP contribution >= 0.6 is 12.2 Å². The van der Waals surface area contributed by atoms with Gasteiger partial charge in [0.05, 0.1) is 22.9 Å². The minimum Gasteiger partial charge on any atom is -0.361 e. The third-order valence-corrected chi connectivity index (χ3v) is 3.20. The van der Waals surface area contributed by atoms with E-state index in [9.17, 15) is 0 Å². The molecule has 5 nitrogen and oxygen atoms in total. The Morgan fingerprint density at radius 3 is 2.81 bits per heavy atom. The van der Waals surface area contributed by atoms with Gasteiger partial charge in [0, 0.05) is 6.54 Å². The molecule has 0 saturated carbocycles. The quantitative estimate of drug-likeness (QED) is 0.385. The molecule has 0 unspecified atom stereocenters. The van der Waals surface area contributed by atoms with Crippen molar-refractivity contribution in [3.63, 3.8) is 0 Å². The van der Waals surface area contributed by atoms with E-state index in [-0.39, 0.29) is 0 Å². The molecule has 0 aliphatic rings. The van der Waals surface area contributed by atoms with Crippen molar-refractivity contribution in [1.82, 2.24) is 20.7 Å². The average molecular weight is 301 g/mol. The number of nitrogens with zero attached hydrogens (tertiary/aromatic N) is 3. The maximum Gasteiger partial charge on any atom is 0.186 e. The van der Waals surface area contributed by atoms with Crippen LogP contribution in [-0.2, 0) is 0 Å². The minimum atomic E-state index is 0.525. The first kappa shape index (κ1) is 15.3. The molecule has 1 heterocycles. The van der Waals surface area contributed by atoms with E-state index in [1.807, 2.05) is 31.2 Å². The molecule has 0 amide bonds. The molecule has 21 heavy (non-hydrogen) atoms.